The normalized spacial score (nSPS) is 10.4. The highest BCUT2D eigenvalue weighted by molar-refractivity contribution is 7.98. The Kier molecular flexibility index (Phi) is 6.80. The van der Waals surface area contributed by atoms with Crippen LogP contribution in [0, 0.1) is 6.92 Å². The molecule has 0 aliphatic heterocycles. The SMILES string of the molecule is CCCNC(=O)CNC(=O)c1cccnc1SCc1cc(C)on1. The van der Waals surface area contributed by atoms with Gasteiger partial charge in [0.05, 0.1) is 17.8 Å². The van der Waals surface area contributed by atoms with Crippen molar-refractivity contribution in [2.75, 3.05) is 13.1 Å². The summed E-state index contributed by atoms with van der Waals surface area (Å²) in [6, 6.07) is 5.22. The van der Waals surface area contributed by atoms with Gasteiger partial charge in [-0.2, -0.15) is 0 Å². The molecule has 0 aliphatic rings. The Bertz CT molecular complexity index is 702. The Labute approximate surface area is 144 Å². The maximum absolute atomic E-state index is 12.3. The van der Waals surface area contributed by atoms with Gasteiger partial charge in [0.2, 0.25) is 5.91 Å². The van der Waals surface area contributed by atoms with Crippen molar-refractivity contribution in [3.63, 3.8) is 0 Å². The number of carbonyl (C=O) groups is 2. The zero-order valence-electron chi connectivity index (χ0n) is 13.7. The van der Waals surface area contributed by atoms with E-state index in [1.807, 2.05) is 19.9 Å². The van der Waals surface area contributed by atoms with E-state index in [9.17, 15) is 9.59 Å². The molecule has 0 saturated carbocycles. The van der Waals surface area contributed by atoms with Crippen molar-refractivity contribution in [3.05, 3.63) is 41.4 Å². The largest absolute Gasteiger partial charge is 0.361 e. The van der Waals surface area contributed by atoms with Crippen LogP contribution in [0.4, 0.5) is 0 Å². The number of hydrogen-bond donors (Lipinski definition) is 2. The van der Waals surface area contributed by atoms with Crippen LogP contribution in [-0.4, -0.2) is 35.0 Å². The molecule has 8 heteroatoms. The van der Waals surface area contributed by atoms with Gasteiger partial charge in [0.25, 0.3) is 5.91 Å². The van der Waals surface area contributed by atoms with Crippen LogP contribution in [0.15, 0.2) is 33.9 Å². The third-order valence-corrected chi connectivity index (χ3v) is 4.07. The fourth-order valence-electron chi connectivity index (χ4n) is 1.89. The Hall–Kier alpha value is -2.35. The highest BCUT2D eigenvalue weighted by atomic mass is 32.2. The maximum Gasteiger partial charge on any atom is 0.254 e. The van der Waals surface area contributed by atoms with Crippen LogP contribution in [0.3, 0.4) is 0 Å². The average molecular weight is 348 g/mol. The van der Waals surface area contributed by atoms with Crippen molar-refractivity contribution in [2.24, 2.45) is 0 Å². The number of hydrogen-bond acceptors (Lipinski definition) is 6. The van der Waals surface area contributed by atoms with Crippen LogP contribution in [0.2, 0.25) is 0 Å². The van der Waals surface area contributed by atoms with Crippen molar-refractivity contribution in [1.29, 1.82) is 0 Å². The minimum Gasteiger partial charge on any atom is -0.361 e. The van der Waals surface area contributed by atoms with Gasteiger partial charge >= 0.3 is 0 Å². The summed E-state index contributed by atoms with van der Waals surface area (Å²) in [5.74, 6) is 0.753. The van der Waals surface area contributed by atoms with Gasteiger partial charge in [-0.25, -0.2) is 4.98 Å². The molecule has 0 saturated heterocycles. The number of amides is 2. The fourth-order valence-corrected chi connectivity index (χ4v) is 2.76. The molecule has 0 bridgehead atoms. The summed E-state index contributed by atoms with van der Waals surface area (Å²) in [4.78, 5) is 28.1. The summed E-state index contributed by atoms with van der Waals surface area (Å²) in [6.45, 7) is 4.33. The van der Waals surface area contributed by atoms with Crippen molar-refractivity contribution in [3.8, 4) is 0 Å². The first kappa shape index (κ1) is 18.0. The third kappa shape index (κ3) is 5.38. The fraction of sp³-hybridized carbons (Fsp3) is 0.375. The summed E-state index contributed by atoms with van der Waals surface area (Å²) in [5.41, 5.74) is 1.22. The third-order valence-electron chi connectivity index (χ3n) is 3.03. The van der Waals surface area contributed by atoms with Crippen LogP contribution in [-0.2, 0) is 10.5 Å². The number of pyridine rings is 1. The Morgan fingerprint density at radius 3 is 2.88 bits per heavy atom. The summed E-state index contributed by atoms with van der Waals surface area (Å²) in [5, 5.41) is 9.83. The molecular formula is C16H20N4O3S. The Balaban J connectivity index is 1.94. The molecule has 2 aromatic rings. The van der Waals surface area contributed by atoms with Gasteiger partial charge in [-0.3, -0.25) is 9.59 Å². The van der Waals surface area contributed by atoms with Crippen LogP contribution in [0.25, 0.3) is 0 Å². The molecule has 24 heavy (non-hydrogen) atoms. The molecule has 0 spiro atoms. The predicted molar refractivity (Wildman–Crippen MR) is 90.7 cm³/mol. The molecule has 128 valence electrons. The summed E-state index contributed by atoms with van der Waals surface area (Å²) in [6.07, 6.45) is 2.48. The number of nitrogens with one attached hydrogen (secondary N) is 2. The van der Waals surface area contributed by atoms with Crippen molar-refractivity contribution >= 4 is 23.6 Å². The lowest BCUT2D eigenvalue weighted by atomic mass is 10.2. The quantitative estimate of drug-likeness (QED) is 0.708. The van der Waals surface area contributed by atoms with Crippen molar-refractivity contribution in [1.82, 2.24) is 20.8 Å². The van der Waals surface area contributed by atoms with E-state index in [-0.39, 0.29) is 18.4 Å². The Morgan fingerprint density at radius 1 is 1.33 bits per heavy atom. The minimum absolute atomic E-state index is 0.0552. The summed E-state index contributed by atoms with van der Waals surface area (Å²) < 4.78 is 5.02. The minimum atomic E-state index is -0.325. The molecular weight excluding hydrogens is 328 g/mol. The number of aryl methyl sites for hydroxylation is 1. The zero-order chi connectivity index (χ0) is 17.4. The molecule has 0 unspecified atom stereocenters. The van der Waals surface area contributed by atoms with Gasteiger partial charge in [0.1, 0.15) is 10.8 Å². The standard InChI is InChI=1S/C16H20N4O3S/c1-3-6-17-14(21)9-19-15(22)13-5-4-7-18-16(13)24-10-12-8-11(2)23-20-12/h4-5,7-8H,3,6,9-10H2,1-2H3,(H,17,21)(H,19,22). The van der Waals surface area contributed by atoms with E-state index in [1.54, 1.807) is 18.3 Å². The van der Waals surface area contributed by atoms with E-state index in [1.165, 1.54) is 11.8 Å². The van der Waals surface area contributed by atoms with Gasteiger partial charge < -0.3 is 15.2 Å². The van der Waals surface area contributed by atoms with E-state index in [0.29, 0.717) is 22.9 Å². The molecule has 2 heterocycles. The van der Waals surface area contributed by atoms with Gasteiger partial charge in [-0.15, -0.1) is 0 Å². The van der Waals surface area contributed by atoms with E-state index >= 15 is 0 Å². The maximum atomic E-state index is 12.3. The van der Waals surface area contributed by atoms with Crippen LogP contribution >= 0.6 is 11.8 Å². The summed E-state index contributed by atoms with van der Waals surface area (Å²) in [7, 11) is 0. The average Bonchev–Trinajstić information content (AvgIpc) is 3.01. The van der Waals surface area contributed by atoms with E-state index < -0.39 is 0 Å². The van der Waals surface area contributed by atoms with Crippen molar-refractivity contribution in [2.45, 2.75) is 31.0 Å². The molecule has 2 rings (SSSR count). The molecule has 2 aromatic heterocycles. The van der Waals surface area contributed by atoms with Gasteiger partial charge in [-0.05, 0) is 25.5 Å². The number of rotatable bonds is 8. The lowest BCUT2D eigenvalue weighted by Gasteiger charge is -2.08. The lowest BCUT2D eigenvalue weighted by Crippen LogP contribution is -2.37. The molecule has 0 aliphatic carbocycles. The topological polar surface area (TPSA) is 97.1 Å². The molecule has 0 radical (unpaired) electrons. The highest BCUT2D eigenvalue weighted by Gasteiger charge is 2.14. The predicted octanol–water partition coefficient (Wildman–Crippen LogP) is 1.93. The molecule has 2 amide bonds. The zero-order valence-corrected chi connectivity index (χ0v) is 14.5. The van der Waals surface area contributed by atoms with E-state index in [4.69, 9.17) is 4.52 Å². The monoisotopic (exact) mass is 348 g/mol. The number of thioether (sulfide) groups is 1. The second-order valence-corrected chi connectivity index (χ2v) is 6.07. The van der Waals surface area contributed by atoms with Gasteiger partial charge in [-0.1, -0.05) is 23.8 Å². The second-order valence-electron chi connectivity index (χ2n) is 5.11. The lowest BCUT2D eigenvalue weighted by molar-refractivity contribution is -0.120. The molecule has 0 aromatic carbocycles. The van der Waals surface area contributed by atoms with Crippen LogP contribution < -0.4 is 10.6 Å². The molecule has 2 N–H and O–H groups in total. The number of carbonyl (C=O) groups excluding carboxylic acids is 2. The molecule has 0 fully saturated rings. The van der Waals surface area contributed by atoms with Crippen LogP contribution in [0.1, 0.15) is 35.2 Å². The molecule has 0 atom stereocenters. The van der Waals surface area contributed by atoms with E-state index in [0.717, 1.165) is 17.9 Å². The van der Waals surface area contributed by atoms with E-state index in [2.05, 4.69) is 20.8 Å². The van der Waals surface area contributed by atoms with Crippen LogP contribution in [0.5, 0.6) is 0 Å². The van der Waals surface area contributed by atoms with Gasteiger partial charge in [0.15, 0.2) is 0 Å². The first-order valence-electron chi connectivity index (χ1n) is 7.65. The first-order chi connectivity index (χ1) is 11.6. The first-order valence-corrected chi connectivity index (χ1v) is 8.63. The highest BCUT2D eigenvalue weighted by Crippen LogP contribution is 2.23. The summed E-state index contributed by atoms with van der Waals surface area (Å²) >= 11 is 1.39. The smallest absolute Gasteiger partial charge is 0.254 e. The van der Waals surface area contributed by atoms with Gasteiger partial charge in [0, 0.05) is 24.6 Å². The molecule has 7 nitrogen and oxygen atoms in total. The number of nitrogens with zero attached hydrogens (tertiary/aromatic N) is 2. The Morgan fingerprint density at radius 2 is 2.17 bits per heavy atom. The van der Waals surface area contributed by atoms with Crippen molar-refractivity contribution < 1.29 is 14.1 Å². The second kappa shape index (κ2) is 9.07. The number of aromatic nitrogens is 2.